The minimum absolute atomic E-state index is 0.0531. The van der Waals surface area contributed by atoms with Gasteiger partial charge in [-0.1, -0.05) is 13.0 Å². The zero-order chi connectivity index (χ0) is 26.9. The fourth-order valence-electron chi connectivity index (χ4n) is 4.71. The molecule has 2 aromatic carbocycles. The highest BCUT2D eigenvalue weighted by atomic mass is 32.2. The fraction of sp³-hybridized carbons (Fsp3) is 0.286. The molecule has 9 nitrogen and oxygen atoms in total. The summed E-state index contributed by atoms with van der Waals surface area (Å²) in [6.07, 6.45) is 4.43. The third-order valence-electron chi connectivity index (χ3n) is 6.63. The van der Waals surface area contributed by atoms with Gasteiger partial charge in [-0.15, -0.1) is 4.91 Å². The van der Waals surface area contributed by atoms with Gasteiger partial charge in [-0.25, -0.2) is 8.42 Å². The number of pyridine rings is 1. The molecule has 1 fully saturated rings. The number of anilines is 1. The maximum atomic E-state index is 12.3. The van der Waals surface area contributed by atoms with Crippen LogP contribution in [0.25, 0.3) is 22.2 Å². The lowest BCUT2D eigenvalue weighted by Crippen LogP contribution is -2.16. The van der Waals surface area contributed by atoms with Crippen LogP contribution in [0.15, 0.2) is 59.9 Å². The molecule has 0 aliphatic heterocycles. The molecule has 1 saturated carbocycles. The van der Waals surface area contributed by atoms with Crippen LogP contribution >= 0.6 is 0 Å². The highest BCUT2D eigenvalue weighted by Gasteiger charge is 2.27. The molecule has 10 heteroatoms. The van der Waals surface area contributed by atoms with Crippen LogP contribution in [0, 0.1) is 29.1 Å². The van der Waals surface area contributed by atoms with Crippen molar-refractivity contribution in [3.8, 4) is 29.0 Å². The van der Waals surface area contributed by atoms with Gasteiger partial charge in [0.2, 0.25) is 15.7 Å². The van der Waals surface area contributed by atoms with E-state index < -0.39 is 10.0 Å². The van der Waals surface area contributed by atoms with E-state index in [-0.39, 0.29) is 17.3 Å². The maximum absolute atomic E-state index is 12.3. The molecule has 194 valence electrons. The van der Waals surface area contributed by atoms with E-state index in [2.05, 4.69) is 25.5 Å². The smallest absolute Gasteiger partial charge is 0.401 e. The molecule has 0 radical (unpaired) electrons. The predicted octanol–water partition coefficient (Wildman–Crippen LogP) is 6.05. The Balaban J connectivity index is 1.61. The number of aromatic amines is 1. The van der Waals surface area contributed by atoms with Gasteiger partial charge in [-0.05, 0) is 73.2 Å². The highest BCUT2D eigenvalue weighted by Crippen LogP contribution is 2.41. The quantitative estimate of drug-likeness (QED) is 0.250. The van der Waals surface area contributed by atoms with Gasteiger partial charge in [0.1, 0.15) is 11.8 Å². The van der Waals surface area contributed by atoms with Crippen molar-refractivity contribution in [2.75, 3.05) is 10.5 Å². The Morgan fingerprint density at radius 3 is 2.71 bits per heavy atom. The summed E-state index contributed by atoms with van der Waals surface area (Å²) >= 11 is 0. The summed E-state index contributed by atoms with van der Waals surface area (Å²) in [5.74, 6) is 1.32. The Morgan fingerprint density at radius 2 is 2.03 bits per heavy atom. The summed E-state index contributed by atoms with van der Waals surface area (Å²) in [5, 5.41) is 14.0. The summed E-state index contributed by atoms with van der Waals surface area (Å²) in [6, 6.07) is 16.5. The van der Waals surface area contributed by atoms with Crippen molar-refractivity contribution < 1.29 is 18.1 Å². The number of aromatic nitrogens is 2. The summed E-state index contributed by atoms with van der Waals surface area (Å²) < 4.78 is 35.3. The molecule has 0 atom stereocenters. The van der Waals surface area contributed by atoms with Crippen molar-refractivity contribution in [2.45, 2.75) is 39.7 Å². The molecule has 1 aliphatic rings. The second-order valence-electron chi connectivity index (χ2n) is 9.60. The van der Waals surface area contributed by atoms with Crippen molar-refractivity contribution in [2.24, 2.45) is 11.1 Å². The summed E-state index contributed by atoms with van der Waals surface area (Å²) in [6.45, 7) is 4.49. The molecule has 0 amide bonds. The third kappa shape index (κ3) is 5.10. The number of fused-ring (bicyclic) bond motifs is 1. The van der Waals surface area contributed by atoms with Gasteiger partial charge >= 0.3 is 5.88 Å². The summed E-state index contributed by atoms with van der Waals surface area (Å²) in [5.41, 5.74) is 4.58. The summed E-state index contributed by atoms with van der Waals surface area (Å²) in [4.78, 5) is 14.1. The molecule has 2 aromatic heterocycles. The molecule has 0 bridgehead atoms. The first-order chi connectivity index (χ1) is 18.3. The molecule has 2 heterocycles. The van der Waals surface area contributed by atoms with Crippen LogP contribution in [0.4, 0.5) is 11.4 Å². The number of benzene rings is 2. The lowest BCUT2D eigenvalue weighted by atomic mass is 10.0. The minimum atomic E-state index is -3.41. The molecule has 0 spiro atoms. The predicted molar refractivity (Wildman–Crippen MR) is 146 cm³/mol. The second kappa shape index (κ2) is 10.3. The first-order valence-electron chi connectivity index (χ1n) is 12.5. The van der Waals surface area contributed by atoms with E-state index in [9.17, 15) is 18.6 Å². The molecule has 4 aromatic rings. The molecule has 2 N–H and O–H groups in total. The van der Waals surface area contributed by atoms with Crippen molar-refractivity contribution >= 4 is 32.3 Å². The molecule has 5 rings (SSSR count). The fourth-order valence-corrected chi connectivity index (χ4v) is 5.84. The van der Waals surface area contributed by atoms with Crippen LogP contribution in [0.2, 0.25) is 0 Å². The number of ether oxygens (including phenoxy) is 1. The lowest BCUT2D eigenvalue weighted by molar-refractivity contribution is -0.390. The number of nitrogens with one attached hydrogen (secondary N) is 2. The molecule has 0 saturated heterocycles. The second-order valence-corrected chi connectivity index (χ2v) is 11.4. The van der Waals surface area contributed by atoms with Gasteiger partial charge in [-0.2, -0.15) is 10.2 Å². The van der Waals surface area contributed by atoms with E-state index in [0.717, 1.165) is 47.1 Å². The number of nitroso groups, excluding NO2 is 1. The van der Waals surface area contributed by atoms with E-state index in [1.165, 1.54) is 0 Å². The van der Waals surface area contributed by atoms with Crippen LogP contribution < -0.4 is 14.4 Å². The summed E-state index contributed by atoms with van der Waals surface area (Å²) in [7, 11) is -3.41. The Bertz CT molecular complexity index is 1680. The van der Waals surface area contributed by atoms with E-state index >= 15 is 0 Å². The Kier molecular flexibility index (Phi) is 6.87. The van der Waals surface area contributed by atoms with Crippen LogP contribution in [0.3, 0.4) is 0 Å². The molecule has 0 unspecified atom stereocenters. The molecule has 1 aliphatic carbocycles. The number of aryl methyl sites for hydroxylation is 1. The third-order valence-corrected chi connectivity index (χ3v) is 8.12. The van der Waals surface area contributed by atoms with Crippen LogP contribution in [-0.2, 0) is 16.6 Å². The zero-order valence-electron chi connectivity index (χ0n) is 21.2. The molecule has 38 heavy (non-hydrogen) atoms. The number of nitriles is 1. The zero-order valence-corrected chi connectivity index (χ0v) is 22.0. The number of hydrogen-bond acceptors (Lipinski definition) is 6. The number of rotatable bonds is 10. The van der Waals surface area contributed by atoms with Gasteiger partial charge < -0.3 is 9.30 Å². The van der Waals surface area contributed by atoms with Gasteiger partial charge in [0.25, 0.3) is 0 Å². The van der Waals surface area contributed by atoms with Gasteiger partial charge in [-0.3, -0.25) is 4.72 Å². The van der Waals surface area contributed by atoms with Crippen molar-refractivity contribution in [3.63, 3.8) is 0 Å². The van der Waals surface area contributed by atoms with Crippen molar-refractivity contribution in [3.05, 3.63) is 70.8 Å². The number of nitrogens with zero attached hydrogens (tertiary/aromatic N) is 3. The van der Waals surface area contributed by atoms with E-state index in [0.29, 0.717) is 29.3 Å². The highest BCUT2D eigenvalue weighted by molar-refractivity contribution is 7.92. The average Bonchev–Trinajstić information content (AvgIpc) is 3.66. The Hall–Kier alpha value is -4.23. The average molecular weight is 531 g/mol. The van der Waals surface area contributed by atoms with Crippen molar-refractivity contribution in [1.82, 2.24) is 4.57 Å². The van der Waals surface area contributed by atoms with Gasteiger partial charge in [0.15, 0.2) is 6.20 Å². The van der Waals surface area contributed by atoms with E-state index in [1.807, 2.05) is 32.0 Å². The maximum Gasteiger partial charge on any atom is 0.401 e. The van der Waals surface area contributed by atoms with E-state index in [4.69, 9.17) is 4.74 Å². The number of H-pyrrole nitrogens is 1. The first-order valence-corrected chi connectivity index (χ1v) is 14.2. The largest absolute Gasteiger partial charge is 0.403 e. The van der Waals surface area contributed by atoms with Crippen LogP contribution in [0.5, 0.6) is 11.6 Å². The standard InChI is InChI=1S/C28H27N5O4S/c1-3-13-38(35,36)32-20-8-10-22(18(2)14-20)27-24(16-29)23-11-9-21(15-26(23)33(27)17-19-6-7-19)37-28-25(31-34)5-4-12-30-28/h4-5,8-12,14-15,19,32H,3,6-7,13,17H2,1-2H3/p+1. The minimum Gasteiger partial charge on any atom is -0.403 e. The van der Waals surface area contributed by atoms with E-state index in [1.54, 1.807) is 36.5 Å². The Morgan fingerprint density at radius 1 is 1.21 bits per heavy atom. The van der Waals surface area contributed by atoms with Gasteiger partial charge in [0.05, 0.1) is 22.5 Å². The van der Waals surface area contributed by atoms with Gasteiger partial charge in [0, 0.05) is 35.3 Å². The Labute approximate surface area is 221 Å². The lowest BCUT2D eigenvalue weighted by Gasteiger charge is -2.15. The normalized spacial score (nSPS) is 13.3. The van der Waals surface area contributed by atoms with Crippen LogP contribution in [0.1, 0.15) is 37.3 Å². The SMILES string of the molecule is CCCS(=O)(=O)Nc1ccc(-c2c(C#N)c3ccc(Oc4[nH+]cccc4N=O)cc3n2CC2CC2)c(C)c1. The molecular formula is C28H28N5O4S+. The van der Waals surface area contributed by atoms with Crippen LogP contribution in [-0.4, -0.2) is 18.7 Å². The first kappa shape index (κ1) is 25.4. The van der Waals surface area contributed by atoms with Crippen molar-refractivity contribution in [1.29, 1.82) is 5.26 Å². The topological polar surface area (TPSA) is 128 Å². The number of hydrogen-bond donors (Lipinski definition) is 1. The number of sulfonamides is 1. The monoisotopic (exact) mass is 530 g/mol. The molecular weight excluding hydrogens is 502 g/mol.